The normalized spacial score (nSPS) is 14.7. The Morgan fingerprint density at radius 1 is 0.439 bits per heavy atom. The fourth-order valence-electron chi connectivity index (χ4n) is 9.34. The zero-order valence-electron chi connectivity index (χ0n) is 30.8. The lowest BCUT2D eigenvalue weighted by Crippen LogP contribution is -2.36. The van der Waals surface area contributed by atoms with Gasteiger partial charge in [0.25, 0.3) is 0 Å². The predicted molar refractivity (Wildman–Crippen MR) is 227 cm³/mol. The van der Waals surface area contributed by atoms with E-state index in [1.54, 1.807) is 0 Å². The summed E-state index contributed by atoms with van der Waals surface area (Å²) in [6, 6.07) is 57.2. The maximum atomic E-state index is 6.75. The van der Waals surface area contributed by atoms with E-state index >= 15 is 0 Å². The number of ether oxygens (including phenoxy) is 1. The van der Waals surface area contributed by atoms with Gasteiger partial charge in [0.05, 0.1) is 5.41 Å². The maximum absolute atomic E-state index is 6.75. The highest BCUT2D eigenvalue weighted by Crippen LogP contribution is 2.62. The van der Waals surface area contributed by atoms with Gasteiger partial charge in [0.2, 0.25) is 0 Å². The molecule has 0 unspecified atom stereocenters. The number of hydrogen-bond donors (Lipinski definition) is 0. The monoisotopic (exact) mass is 731 g/mol. The molecule has 2 aliphatic carbocycles. The number of nitrogens with zero attached hydrogens (tertiary/aromatic N) is 3. The smallest absolute Gasteiger partial charge is 0.164 e. The Morgan fingerprint density at radius 3 is 1.79 bits per heavy atom. The minimum Gasteiger partial charge on any atom is -0.457 e. The van der Waals surface area contributed by atoms with Crippen molar-refractivity contribution in [1.29, 1.82) is 0 Å². The van der Waals surface area contributed by atoms with Crippen molar-refractivity contribution in [2.24, 2.45) is 0 Å². The van der Waals surface area contributed by atoms with Crippen molar-refractivity contribution in [2.45, 2.75) is 18.3 Å². The Bertz CT molecular complexity index is 3110. The first-order valence-electron chi connectivity index (χ1n) is 19.5. The van der Waals surface area contributed by atoms with Crippen molar-refractivity contribution in [3.05, 3.63) is 204 Å². The van der Waals surface area contributed by atoms with Gasteiger partial charge in [-0.25, -0.2) is 15.0 Å². The molecule has 2 aromatic heterocycles. The lowest BCUT2D eigenvalue weighted by atomic mass is 9.64. The van der Waals surface area contributed by atoms with E-state index in [9.17, 15) is 0 Å². The van der Waals surface area contributed by atoms with Crippen LogP contribution in [0.25, 0.3) is 78.4 Å². The highest BCUT2D eigenvalue weighted by atomic mass is 16.5. The van der Waals surface area contributed by atoms with Crippen molar-refractivity contribution in [3.63, 3.8) is 0 Å². The molecule has 1 spiro atoms. The molecule has 0 saturated carbocycles. The number of aromatic nitrogens is 3. The number of hydrogen-bond acceptors (Lipinski definition) is 5. The molecule has 5 nitrogen and oxygen atoms in total. The summed E-state index contributed by atoms with van der Waals surface area (Å²) in [5, 5.41) is 2.22. The van der Waals surface area contributed by atoms with E-state index in [4.69, 9.17) is 24.1 Å². The highest BCUT2D eigenvalue weighted by Gasteiger charge is 2.52. The zero-order chi connectivity index (χ0) is 37.5. The minimum atomic E-state index is -0.542. The molecule has 0 atom stereocenters. The zero-order valence-corrected chi connectivity index (χ0v) is 30.8. The lowest BCUT2D eigenvalue weighted by Gasteiger charge is -2.42. The molecular formula is C52H33N3O2. The van der Waals surface area contributed by atoms with Crippen LogP contribution in [0.4, 0.5) is 0 Å². The molecule has 268 valence electrons. The molecule has 9 aromatic rings. The molecule has 1 aliphatic heterocycles. The summed E-state index contributed by atoms with van der Waals surface area (Å²) >= 11 is 0. The van der Waals surface area contributed by atoms with Gasteiger partial charge in [0, 0.05) is 44.2 Å². The Labute approximate surface area is 329 Å². The van der Waals surface area contributed by atoms with E-state index in [0.29, 0.717) is 17.5 Å². The van der Waals surface area contributed by atoms with Gasteiger partial charge in [-0.3, -0.25) is 0 Å². The predicted octanol–water partition coefficient (Wildman–Crippen LogP) is 12.8. The van der Waals surface area contributed by atoms with Gasteiger partial charge in [-0.2, -0.15) is 0 Å². The average Bonchev–Trinajstić information content (AvgIpc) is 3.81. The number of rotatable bonds is 4. The highest BCUT2D eigenvalue weighted by molar-refractivity contribution is 6.09. The van der Waals surface area contributed by atoms with Crippen LogP contribution in [-0.2, 0) is 5.41 Å². The summed E-state index contributed by atoms with van der Waals surface area (Å²) < 4.78 is 13.1. The van der Waals surface area contributed by atoms with E-state index in [-0.39, 0.29) is 0 Å². The van der Waals surface area contributed by atoms with E-state index < -0.39 is 5.41 Å². The van der Waals surface area contributed by atoms with Crippen molar-refractivity contribution >= 4 is 21.9 Å². The van der Waals surface area contributed by atoms with E-state index in [0.717, 1.165) is 79.7 Å². The van der Waals surface area contributed by atoms with Crippen LogP contribution >= 0.6 is 0 Å². The molecule has 0 radical (unpaired) electrons. The van der Waals surface area contributed by atoms with Crippen LogP contribution in [0.1, 0.15) is 29.5 Å². The number of para-hydroxylation sites is 2. The Balaban J connectivity index is 1.03. The second-order valence-electron chi connectivity index (χ2n) is 14.9. The molecular weight excluding hydrogens is 699 g/mol. The van der Waals surface area contributed by atoms with E-state index in [2.05, 4.69) is 133 Å². The van der Waals surface area contributed by atoms with Crippen LogP contribution in [0.2, 0.25) is 0 Å². The quantitative estimate of drug-likeness (QED) is 0.180. The second-order valence-corrected chi connectivity index (χ2v) is 14.9. The molecule has 0 N–H and O–H groups in total. The van der Waals surface area contributed by atoms with Crippen molar-refractivity contribution in [2.75, 3.05) is 0 Å². The third-order valence-electron chi connectivity index (χ3n) is 11.9. The standard InChI is InChI=1S/C52H33N3O2/c1-2-13-33(14-3-1)49-53-50(34-27-25-32(26-28-34)36-18-12-19-40-39-17-6-10-23-45(39)57-48(36)40)55-51(54-49)35-29-30-47-44(31-35)52(43-22-9-11-24-46(43)56-47)41-20-7-4-15-37(41)38-16-5-8-21-42(38)52/h1-8,10,12-31H,9,11H2. The molecule has 12 rings (SSSR count). The van der Waals surface area contributed by atoms with Crippen LogP contribution in [0, 0.1) is 0 Å². The van der Waals surface area contributed by atoms with Crippen LogP contribution in [0.15, 0.2) is 192 Å². The van der Waals surface area contributed by atoms with Gasteiger partial charge in [0.15, 0.2) is 17.5 Å². The van der Waals surface area contributed by atoms with Gasteiger partial charge >= 0.3 is 0 Å². The summed E-state index contributed by atoms with van der Waals surface area (Å²) in [5.74, 6) is 3.62. The molecule has 0 amide bonds. The first kappa shape index (κ1) is 31.9. The lowest BCUT2D eigenvalue weighted by molar-refractivity contribution is 0.383. The van der Waals surface area contributed by atoms with E-state index in [1.807, 2.05) is 42.5 Å². The summed E-state index contributed by atoms with van der Waals surface area (Å²) in [4.78, 5) is 15.4. The molecule has 0 bridgehead atoms. The van der Waals surface area contributed by atoms with Crippen LogP contribution in [0.3, 0.4) is 0 Å². The second kappa shape index (κ2) is 12.3. The number of allylic oxidation sites excluding steroid dienone is 3. The van der Waals surface area contributed by atoms with Gasteiger partial charge < -0.3 is 9.15 Å². The largest absolute Gasteiger partial charge is 0.457 e. The number of furan rings is 1. The average molecular weight is 732 g/mol. The number of fused-ring (bicyclic) bond motifs is 12. The Kier molecular flexibility index (Phi) is 6.90. The van der Waals surface area contributed by atoms with Gasteiger partial charge in [0.1, 0.15) is 22.7 Å². The molecule has 5 heteroatoms. The Morgan fingerprint density at radius 2 is 1.02 bits per heavy atom. The molecule has 0 saturated heterocycles. The van der Waals surface area contributed by atoms with Crippen LogP contribution in [0.5, 0.6) is 5.75 Å². The SMILES string of the molecule is C1=C2Oc3ccc(-c4nc(-c5ccccc5)nc(-c5ccc(-c6cccc7c6oc6ccccc67)cc5)n4)cc3C3(C2=CCC1)c1ccccc1-c1ccccc13. The molecule has 7 aromatic carbocycles. The van der Waals surface area contributed by atoms with Crippen molar-refractivity contribution in [3.8, 4) is 62.2 Å². The molecule has 3 heterocycles. The first-order chi connectivity index (χ1) is 28.2. The third kappa shape index (κ3) is 4.72. The maximum Gasteiger partial charge on any atom is 0.164 e. The first-order valence-corrected chi connectivity index (χ1v) is 19.5. The van der Waals surface area contributed by atoms with E-state index in [1.165, 1.54) is 27.8 Å². The fourth-order valence-corrected chi connectivity index (χ4v) is 9.34. The minimum absolute atomic E-state index is 0.542. The topological polar surface area (TPSA) is 61.0 Å². The summed E-state index contributed by atoms with van der Waals surface area (Å²) in [5.41, 5.74) is 13.4. The molecule has 3 aliphatic rings. The van der Waals surface area contributed by atoms with Crippen molar-refractivity contribution < 1.29 is 9.15 Å². The third-order valence-corrected chi connectivity index (χ3v) is 11.9. The fraction of sp³-hybridized carbons (Fsp3) is 0.0577. The number of benzene rings is 7. The van der Waals surface area contributed by atoms with Crippen LogP contribution in [-0.4, -0.2) is 15.0 Å². The Hall–Kier alpha value is -7.37. The molecule has 57 heavy (non-hydrogen) atoms. The molecule has 0 fully saturated rings. The van der Waals surface area contributed by atoms with Gasteiger partial charge in [-0.15, -0.1) is 0 Å². The summed E-state index contributed by atoms with van der Waals surface area (Å²) in [6.07, 6.45) is 6.56. The summed E-state index contributed by atoms with van der Waals surface area (Å²) in [6.45, 7) is 0. The van der Waals surface area contributed by atoms with Gasteiger partial charge in [-0.05, 0) is 71.0 Å². The van der Waals surface area contributed by atoms with Gasteiger partial charge in [-0.1, -0.05) is 146 Å². The van der Waals surface area contributed by atoms with Crippen molar-refractivity contribution in [1.82, 2.24) is 15.0 Å². The summed E-state index contributed by atoms with van der Waals surface area (Å²) in [7, 11) is 0. The van der Waals surface area contributed by atoms with Crippen LogP contribution < -0.4 is 4.74 Å².